The van der Waals surface area contributed by atoms with Gasteiger partial charge in [0.1, 0.15) is 12.4 Å². The number of hydrogen-bond acceptors (Lipinski definition) is 5. The van der Waals surface area contributed by atoms with Crippen LogP contribution in [-0.4, -0.2) is 20.5 Å². The molecule has 1 aromatic heterocycles. The van der Waals surface area contributed by atoms with Crippen molar-refractivity contribution < 1.29 is 4.79 Å². The molecule has 1 atom stereocenters. The van der Waals surface area contributed by atoms with Gasteiger partial charge in [0, 0.05) is 17.7 Å². The normalized spacial score (nSPS) is 20.0. The quantitative estimate of drug-likeness (QED) is 0.870. The molecule has 1 N–H and O–H groups in total. The first-order valence-electron chi connectivity index (χ1n) is 7.21. The molecule has 108 valence electrons. The molecule has 6 nitrogen and oxygen atoms in total. The van der Waals surface area contributed by atoms with Gasteiger partial charge in [-0.3, -0.25) is 4.79 Å². The zero-order valence-corrected chi connectivity index (χ0v) is 11.8. The van der Waals surface area contributed by atoms with E-state index >= 15 is 0 Å². The van der Waals surface area contributed by atoms with Gasteiger partial charge >= 0.3 is 0 Å². The number of hydrogen-bond donors (Lipinski definition) is 1. The predicted molar refractivity (Wildman–Crippen MR) is 78.8 cm³/mol. The molecule has 0 saturated heterocycles. The largest absolute Gasteiger partial charge is 0.328 e. The van der Waals surface area contributed by atoms with E-state index in [1.807, 2.05) is 12.1 Å². The Hall–Kier alpha value is -2.94. The zero-order valence-electron chi connectivity index (χ0n) is 11.8. The average Bonchev–Trinajstić information content (AvgIpc) is 3.01. The summed E-state index contributed by atoms with van der Waals surface area (Å²) in [5.74, 6) is 0.812. The molecular weight excluding hydrogens is 278 g/mol. The fourth-order valence-corrected chi connectivity index (χ4v) is 3.14. The summed E-state index contributed by atoms with van der Waals surface area (Å²) in [5.41, 5.74) is 3.26. The Morgan fingerprint density at radius 3 is 2.86 bits per heavy atom. The summed E-state index contributed by atoms with van der Waals surface area (Å²) in [5, 5.41) is 16.4. The molecule has 1 aromatic carbocycles. The summed E-state index contributed by atoms with van der Waals surface area (Å²) in [7, 11) is 0. The molecule has 0 radical (unpaired) electrons. The fourth-order valence-electron chi connectivity index (χ4n) is 3.14. The number of rotatable bonds is 1. The van der Waals surface area contributed by atoms with Crippen molar-refractivity contribution in [2.24, 2.45) is 0 Å². The summed E-state index contributed by atoms with van der Waals surface area (Å²) in [6, 6.07) is 9.13. The lowest BCUT2D eigenvalue weighted by molar-refractivity contribution is -0.116. The molecule has 0 bridgehead atoms. The van der Waals surface area contributed by atoms with E-state index in [1.54, 1.807) is 16.8 Å². The summed E-state index contributed by atoms with van der Waals surface area (Å²) < 4.78 is 1.74. The standard InChI is InChI=1S/C16H13N5O/c17-8-10-4-6-11(7-5-10)15-14-12(2-1-3-13(14)22)20-16-18-9-19-21(15)16/h4-7,9,15H,1-3H2,(H,18,19,20). The second-order valence-electron chi connectivity index (χ2n) is 5.46. The monoisotopic (exact) mass is 291 g/mol. The lowest BCUT2D eigenvalue weighted by Crippen LogP contribution is -2.31. The molecular formula is C16H13N5O. The summed E-state index contributed by atoms with van der Waals surface area (Å²) in [6.45, 7) is 0. The van der Waals surface area contributed by atoms with Crippen molar-refractivity contribution in [1.82, 2.24) is 14.8 Å². The van der Waals surface area contributed by atoms with Gasteiger partial charge in [-0.05, 0) is 30.5 Å². The number of ketones is 1. The van der Waals surface area contributed by atoms with E-state index in [0.717, 1.165) is 29.7 Å². The van der Waals surface area contributed by atoms with Gasteiger partial charge in [-0.2, -0.15) is 15.3 Å². The number of carbonyl (C=O) groups is 1. The number of allylic oxidation sites excluding steroid dienone is 2. The van der Waals surface area contributed by atoms with E-state index in [9.17, 15) is 4.79 Å². The third-order valence-electron chi connectivity index (χ3n) is 4.17. The number of nitrogens with one attached hydrogen (secondary N) is 1. The predicted octanol–water partition coefficient (Wildman–Crippen LogP) is 2.17. The number of Topliss-reactive ketones (excluding diaryl/α,β-unsaturated/α-hetero) is 1. The smallest absolute Gasteiger partial charge is 0.226 e. The first-order chi connectivity index (χ1) is 10.8. The molecule has 2 heterocycles. The van der Waals surface area contributed by atoms with Crippen LogP contribution in [0.15, 0.2) is 41.9 Å². The number of nitrogens with zero attached hydrogens (tertiary/aromatic N) is 4. The molecule has 1 aliphatic heterocycles. The van der Waals surface area contributed by atoms with Crippen LogP contribution in [0, 0.1) is 11.3 Å². The van der Waals surface area contributed by atoms with E-state index in [2.05, 4.69) is 21.5 Å². The van der Waals surface area contributed by atoms with Gasteiger partial charge in [-0.15, -0.1) is 0 Å². The van der Waals surface area contributed by atoms with Gasteiger partial charge in [0.25, 0.3) is 0 Å². The Labute approximate surface area is 127 Å². The van der Waals surface area contributed by atoms with Crippen molar-refractivity contribution in [1.29, 1.82) is 5.26 Å². The molecule has 2 aromatic rings. The maximum Gasteiger partial charge on any atom is 0.226 e. The van der Waals surface area contributed by atoms with Gasteiger partial charge in [0.05, 0.1) is 11.6 Å². The van der Waals surface area contributed by atoms with Crippen LogP contribution in [0.3, 0.4) is 0 Å². The zero-order chi connectivity index (χ0) is 15.1. The van der Waals surface area contributed by atoms with Crippen LogP contribution in [0.2, 0.25) is 0 Å². The number of benzene rings is 1. The third-order valence-corrected chi connectivity index (χ3v) is 4.17. The molecule has 0 saturated carbocycles. The fraction of sp³-hybridized carbons (Fsp3) is 0.250. The van der Waals surface area contributed by atoms with E-state index in [-0.39, 0.29) is 11.8 Å². The molecule has 2 aliphatic rings. The van der Waals surface area contributed by atoms with Crippen LogP contribution in [-0.2, 0) is 4.79 Å². The lowest BCUT2D eigenvalue weighted by Gasteiger charge is -2.32. The first kappa shape index (κ1) is 12.8. The second kappa shape index (κ2) is 4.81. The van der Waals surface area contributed by atoms with E-state index in [0.29, 0.717) is 17.9 Å². The highest BCUT2D eigenvalue weighted by atomic mass is 16.1. The first-order valence-corrected chi connectivity index (χ1v) is 7.21. The Balaban J connectivity index is 1.89. The highest BCUT2D eigenvalue weighted by Crippen LogP contribution is 2.39. The highest BCUT2D eigenvalue weighted by Gasteiger charge is 2.35. The molecule has 1 aliphatic carbocycles. The number of anilines is 1. The number of nitriles is 1. The maximum atomic E-state index is 12.5. The lowest BCUT2D eigenvalue weighted by atomic mass is 9.85. The van der Waals surface area contributed by atoms with Crippen molar-refractivity contribution in [2.75, 3.05) is 5.32 Å². The number of aromatic nitrogens is 3. The average molecular weight is 291 g/mol. The Kier molecular flexibility index (Phi) is 2.79. The second-order valence-corrected chi connectivity index (χ2v) is 5.46. The van der Waals surface area contributed by atoms with Gasteiger partial charge in [-0.25, -0.2) is 4.68 Å². The minimum atomic E-state index is -0.269. The molecule has 0 amide bonds. The van der Waals surface area contributed by atoms with Crippen LogP contribution < -0.4 is 5.32 Å². The van der Waals surface area contributed by atoms with Crippen LogP contribution in [0.1, 0.15) is 36.4 Å². The molecule has 22 heavy (non-hydrogen) atoms. The Bertz CT molecular complexity index is 825. The van der Waals surface area contributed by atoms with E-state index in [4.69, 9.17) is 5.26 Å². The minimum Gasteiger partial charge on any atom is -0.328 e. The third kappa shape index (κ3) is 1.83. The topological polar surface area (TPSA) is 83.6 Å². The van der Waals surface area contributed by atoms with Crippen molar-refractivity contribution in [3.05, 3.63) is 53.0 Å². The molecule has 1 unspecified atom stereocenters. The van der Waals surface area contributed by atoms with E-state index in [1.165, 1.54) is 6.33 Å². The van der Waals surface area contributed by atoms with Gasteiger partial charge < -0.3 is 5.32 Å². The Morgan fingerprint density at radius 2 is 2.09 bits per heavy atom. The van der Waals surface area contributed by atoms with Crippen molar-refractivity contribution in [3.63, 3.8) is 0 Å². The number of fused-ring (bicyclic) bond motifs is 1. The van der Waals surface area contributed by atoms with Crippen molar-refractivity contribution in [3.8, 4) is 6.07 Å². The maximum absolute atomic E-state index is 12.5. The summed E-state index contributed by atoms with van der Waals surface area (Å²) in [4.78, 5) is 16.7. The van der Waals surface area contributed by atoms with Crippen LogP contribution in [0.5, 0.6) is 0 Å². The summed E-state index contributed by atoms with van der Waals surface area (Å²) in [6.07, 6.45) is 3.76. The number of carbonyl (C=O) groups excluding carboxylic acids is 1. The minimum absolute atomic E-state index is 0.157. The van der Waals surface area contributed by atoms with E-state index < -0.39 is 0 Å². The Morgan fingerprint density at radius 1 is 1.27 bits per heavy atom. The van der Waals surface area contributed by atoms with Crippen LogP contribution in [0.25, 0.3) is 0 Å². The van der Waals surface area contributed by atoms with Gasteiger partial charge in [-0.1, -0.05) is 12.1 Å². The SMILES string of the molecule is N#Cc1ccc(C2C3=C(CCCC3=O)Nc3ncnn32)cc1. The van der Waals surface area contributed by atoms with Gasteiger partial charge in [0.2, 0.25) is 5.95 Å². The molecule has 4 rings (SSSR count). The molecule has 0 fully saturated rings. The van der Waals surface area contributed by atoms with Crippen LogP contribution in [0.4, 0.5) is 5.95 Å². The molecule has 6 heteroatoms. The van der Waals surface area contributed by atoms with Crippen LogP contribution >= 0.6 is 0 Å². The highest BCUT2D eigenvalue weighted by molar-refractivity contribution is 5.99. The van der Waals surface area contributed by atoms with Gasteiger partial charge in [0.15, 0.2) is 5.78 Å². The molecule has 0 spiro atoms. The van der Waals surface area contributed by atoms with Crippen molar-refractivity contribution in [2.45, 2.75) is 25.3 Å². The van der Waals surface area contributed by atoms with Crippen molar-refractivity contribution >= 4 is 11.7 Å². The summed E-state index contributed by atoms with van der Waals surface area (Å²) >= 11 is 0.